The quantitative estimate of drug-likeness (QED) is 0.858. The summed E-state index contributed by atoms with van der Waals surface area (Å²) in [7, 11) is 0. The lowest BCUT2D eigenvalue weighted by atomic mass is 9.82. The maximum absolute atomic E-state index is 6.55. The second-order valence-electron chi connectivity index (χ2n) is 4.24. The molecule has 1 aliphatic heterocycles. The SMILES string of the molecule is NC1(c2ccncn2)CC=NC=C1c1ccncn1. The van der Waals surface area contributed by atoms with Crippen LogP contribution in [-0.4, -0.2) is 26.2 Å². The van der Waals surface area contributed by atoms with E-state index in [2.05, 4.69) is 24.9 Å². The Bertz CT molecular complexity index is 622. The molecular weight excluding hydrogens is 240 g/mol. The molecule has 1 aliphatic rings. The van der Waals surface area contributed by atoms with Crippen molar-refractivity contribution in [3.8, 4) is 0 Å². The average Bonchev–Trinajstić information content (AvgIpc) is 2.49. The molecule has 2 N–H and O–H groups in total. The minimum absolute atomic E-state index is 0.569. The van der Waals surface area contributed by atoms with Gasteiger partial charge in [0.05, 0.1) is 16.9 Å². The van der Waals surface area contributed by atoms with Crippen LogP contribution >= 0.6 is 0 Å². The minimum Gasteiger partial charge on any atom is -0.316 e. The van der Waals surface area contributed by atoms with Crippen LogP contribution < -0.4 is 5.73 Å². The Morgan fingerprint density at radius 1 is 1.05 bits per heavy atom. The van der Waals surface area contributed by atoms with Crippen molar-refractivity contribution in [1.82, 2.24) is 19.9 Å². The average molecular weight is 252 g/mol. The Kier molecular flexibility index (Phi) is 2.85. The molecule has 0 aromatic carbocycles. The van der Waals surface area contributed by atoms with Gasteiger partial charge in [-0.15, -0.1) is 0 Å². The third kappa shape index (κ3) is 2.02. The fourth-order valence-corrected chi connectivity index (χ4v) is 2.09. The molecule has 0 saturated carbocycles. The van der Waals surface area contributed by atoms with E-state index in [1.165, 1.54) is 12.7 Å². The standard InChI is InChI=1S/C13H12N6/c14-13(12-2-5-17-9-19-12)3-6-15-7-10(13)11-1-4-16-8-18-11/h1-2,4-9H,3,14H2. The zero-order valence-electron chi connectivity index (χ0n) is 10.1. The highest BCUT2D eigenvalue weighted by atomic mass is 14.9. The van der Waals surface area contributed by atoms with Gasteiger partial charge < -0.3 is 5.73 Å². The van der Waals surface area contributed by atoms with Gasteiger partial charge in [0, 0.05) is 36.8 Å². The molecule has 3 heterocycles. The summed E-state index contributed by atoms with van der Waals surface area (Å²) in [4.78, 5) is 20.5. The largest absolute Gasteiger partial charge is 0.316 e. The normalized spacial score (nSPS) is 22.1. The Balaban J connectivity index is 2.11. The van der Waals surface area contributed by atoms with Gasteiger partial charge in [0.25, 0.3) is 0 Å². The van der Waals surface area contributed by atoms with E-state index in [1.54, 1.807) is 24.8 Å². The summed E-state index contributed by atoms with van der Waals surface area (Å²) in [6.45, 7) is 0. The van der Waals surface area contributed by atoms with Crippen LogP contribution in [0.1, 0.15) is 17.8 Å². The lowest BCUT2D eigenvalue weighted by Crippen LogP contribution is -2.40. The van der Waals surface area contributed by atoms with Gasteiger partial charge in [-0.25, -0.2) is 19.9 Å². The molecule has 1 atom stereocenters. The highest BCUT2D eigenvalue weighted by molar-refractivity contribution is 5.80. The van der Waals surface area contributed by atoms with E-state index >= 15 is 0 Å². The molecule has 6 nitrogen and oxygen atoms in total. The fraction of sp³-hybridized carbons (Fsp3) is 0.154. The van der Waals surface area contributed by atoms with Crippen LogP contribution in [0.4, 0.5) is 0 Å². The van der Waals surface area contributed by atoms with Crippen LogP contribution in [0.2, 0.25) is 0 Å². The number of hydrogen-bond donors (Lipinski definition) is 1. The van der Waals surface area contributed by atoms with Gasteiger partial charge in [-0.2, -0.15) is 0 Å². The van der Waals surface area contributed by atoms with E-state index in [1.807, 2.05) is 12.1 Å². The molecule has 0 saturated heterocycles. The summed E-state index contributed by atoms with van der Waals surface area (Å²) >= 11 is 0. The second-order valence-corrected chi connectivity index (χ2v) is 4.24. The van der Waals surface area contributed by atoms with E-state index in [0.29, 0.717) is 6.42 Å². The van der Waals surface area contributed by atoms with Gasteiger partial charge in [-0.3, -0.25) is 4.99 Å². The van der Waals surface area contributed by atoms with E-state index in [9.17, 15) is 0 Å². The molecule has 2 aromatic rings. The van der Waals surface area contributed by atoms with E-state index in [-0.39, 0.29) is 0 Å². The van der Waals surface area contributed by atoms with Crippen LogP contribution in [0.25, 0.3) is 5.57 Å². The molecule has 3 rings (SSSR count). The predicted molar refractivity (Wildman–Crippen MR) is 71.0 cm³/mol. The van der Waals surface area contributed by atoms with Crippen LogP contribution in [0.15, 0.2) is 48.4 Å². The van der Waals surface area contributed by atoms with Crippen molar-refractivity contribution in [3.05, 3.63) is 54.8 Å². The highest BCUT2D eigenvalue weighted by Crippen LogP contribution is 2.36. The van der Waals surface area contributed by atoms with Crippen molar-refractivity contribution >= 4 is 11.8 Å². The Hall–Kier alpha value is -2.47. The topological polar surface area (TPSA) is 89.9 Å². The molecule has 1 unspecified atom stereocenters. The smallest absolute Gasteiger partial charge is 0.116 e. The van der Waals surface area contributed by atoms with Crippen molar-refractivity contribution < 1.29 is 0 Å². The maximum atomic E-state index is 6.55. The van der Waals surface area contributed by atoms with Crippen molar-refractivity contribution in [2.45, 2.75) is 12.0 Å². The van der Waals surface area contributed by atoms with Crippen LogP contribution in [0.3, 0.4) is 0 Å². The summed E-state index contributed by atoms with van der Waals surface area (Å²) in [6.07, 6.45) is 10.4. The molecule has 6 heteroatoms. The van der Waals surface area contributed by atoms with Gasteiger partial charge >= 0.3 is 0 Å². The maximum Gasteiger partial charge on any atom is 0.116 e. The molecule has 0 amide bonds. The van der Waals surface area contributed by atoms with Gasteiger partial charge in [-0.05, 0) is 12.1 Å². The van der Waals surface area contributed by atoms with E-state index < -0.39 is 5.54 Å². The summed E-state index contributed by atoms with van der Waals surface area (Å²) < 4.78 is 0. The van der Waals surface area contributed by atoms with Gasteiger partial charge in [0.1, 0.15) is 12.7 Å². The van der Waals surface area contributed by atoms with Crippen molar-refractivity contribution in [2.24, 2.45) is 10.7 Å². The Labute approximate surface area is 110 Å². The number of aliphatic imine (C=N–C) groups is 1. The molecule has 0 fully saturated rings. The van der Waals surface area contributed by atoms with Crippen LogP contribution in [0, 0.1) is 0 Å². The first kappa shape index (κ1) is 11.6. The molecular formula is C13H12N6. The monoisotopic (exact) mass is 252 g/mol. The predicted octanol–water partition coefficient (Wildman–Crippen LogP) is 0.936. The Morgan fingerprint density at radius 3 is 2.53 bits per heavy atom. The van der Waals surface area contributed by atoms with Crippen molar-refractivity contribution in [1.29, 1.82) is 0 Å². The summed E-state index contributed by atoms with van der Waals surface area (Å²) in [5.74, 6) is 0. The lowest BCUT2D eigenvalue weighted by Gasteiger charge is -2.31. The first-order chi connectivity index (χ1) is 9.31. The highest BCUT2D eigenvalue weighted by Gasteiger charge is 2.35. The molecule has 19 heavy (non-hydrogen) atoms. The zero-order valence-corrected chi connectivity index (χ0v) is 10.1. The van der Waals surface area contributed by atoms with Crippen LogP contribution in [0.5, 0.6) is 0 Å². The van der Waals surface area contributed by atoms with E-state index in [0.717, 1.165) is 17.0 Å². The third-order valence-corrected chi connectivity index (χ3v) is 3.10. The zero-order chi connectivity index (χ0) is 13.1. The third-order valence-electron chi connectivity index (χ3n) is 3.10. The summed E-state index contributed by atoms with van der Waals surface area (Å²) in [6, 6.07) is 3.63. The molecule has 2 aromatic heterocycles. The molecule has 0 aliphatic carbocycles. The van der Waals surface area contributed by atoms with Crippen molar-refractivity contribution in [2.75, 3.05) is 0 Å². The molecule has 0 radical (unpaired) electrons. The number of nitrogens with zero attached hydrogens (tertiary/aromatic N) is 5. The first-order valence-electron chi connectivity index (χ1n) is 5.85. The summed E-state index contributed by atoms with van der Waals surface area (Å²) in [5.41, 5.74) is 8.15. The number of rotatable bonds is 2. The minimum atomic E-state index is -0.737. The summed E-state index contributed by atoms with van der Waals surface area (Å²) in [5, 5.41) is 0. The molecule has 94 valence electrons. The molecule has 0 bridgehead atoms. The molecule has 0 spiro atoms. The van der Waals surface area contributed by atoms with Gasteiger partial charge in [-0.1, -0.05) is 0 Å². The van der Waals surface area contributed by atoms with Gasteiger partial charge in [0.15, 0.2) is 0 Å². The van der Waals surface area contributed by atoms with Crippen molar-refractivity contribution in [3.63, 3.8) is 0 Å². The number of aromatic nitrogens is 4. The number of hydrogen-bond acceptors (Lipinski definition) is 6. The second kappa shape index (κ2) is 4.66. The fourth-order valence-electron chi connectivity index (χ4n) is 2.09. The number of nitrogens with two attached hydrogens (primary N) is 1. The van der Waals surface area contributed by atoms with Gasteiger partial charge in [0.2, 0.25) is 0 Å². The van der Waals surface area contributed by atoms with E-state index in [4.69, 9.17) is 5.73 Å². The Morgan fingerprint density at radius 2 is 1.84 bits per heavy atom. The van der Waals surface area contributed by atoms with Crippen LogP contribution in [-0.2, 0) is 5.54 Å². The lowest BCUT2D eigenvalue weighted by molar-refractivity contribution is 0.581. The first-order valence-corrected chi connectivity index (χ1v) is 5.85.